The van der Waals surface area contributed by atoms with Gasteiger partial charge in [-0.15, -0.1) is 0 Å². The van der Waals surface area contributed by atoms with Crippen molar-refractivity contribution in [3.05, 3.63) is 29.8 Å². The minimum atomic E-state index is 0.00112. The molecule has 2 aliphatic carbocycles. The number of amides is 2. The van der Waals surface area contributed by atoms with Crippen molar-refractivity contribution < 1.29 is 19.1 Å². The number of methoxy groups -OCH3 is 1. The fraction of sp³-hybridized carbons (Fsp3) is 0.667. The molecule has 4 atom stereocenters. The van der Waals surface area contributed by atoms with Gasteiger partial charge in [-0.25, -0.2) is 0 Å². The predicted molar refractivity (Wildman–Crippen MR) is 114 cm³/mol. The molecule has 0 spiro atoms. The number of benzene rings is 1. The predicted octanol–water partition coefficient (Wildman–Crippen LogP) is 2.80. The largest absolute Gasteiger partial charge is 0.496 e. The van der Waals surface area contributed by atoms with Gasteiger partial charge in [0, 0.05) is 33.0 Å². The summed E-state index contributed by atoms with van der Waals surface area (Å²) in [6, 6.07) is 7.95. The first-order valence-electron chi connectivity index (χ1n) is 11.3. The number of aryl methyl sites for hydroxylation is 1. The lowest BCUT2D eigenvalue weighted by Crippen LogP contribution is -2.50. The Morgan fingerprint density at radius 3 is 2.57 bits per heavy atom. The highest BCUT2D eigenvalue weighted by Crippen LogP contribution is 2.39. The van der Waals surface area contributed by atoms with E-state index < -0.39 is 0 Å². The number of likely N-dealkylation sites (tertiary alicyclic amines) is 1. The third-order valence-corrected chi connectivity index (χ3v) is 6.90. The van der Waals surface area contributed by atoms with Gasteiger partial charge < -0.3 is 19.7 Å². The van der Waals surface area contributed by atoms with Crippen LogP contribution in [0, 0.1) is 17.8 Å². The number of carbonyl (C=O) groups is 2. The summed E-state index contributed by atoms with van der Waals surface area (Å²) in [5, 5.41) is 3.11. The fourth-order valence-electron chi connectivity index (χ4n) is 5.07. The summed E-state index contributed by atoms with van der Waals surface area (Å²) in [4.78, 5) is 26.6. The average molecular weight is 415 g/mol. The summed E-state index contributed by atoms with van der Waals surface area (Å²) >= 11 is 0. The van der Waals surface area contributed by atoms with Crippen molar-refractivity contribution >= 4 is 11.8 Å². The summed E-state index contributed by atoms with van der Waals surface area (Å²) in [5.41, 5.74) is 1.07. The Labute approximate surface area is 179 Å². The Morgan fingerprint density at radius 2 is 1.87 bits per heavy atom. The summed E-state index contributed by atoms with van der Waals surface area (Å²) < 4.78 is 11.6. The van der Waals surface area contributed by atoms with E-state index in [0.29, 0.717) is 30.6 Å². The quantitative estimate of drug-likeness (QED) is 0.710. The third-order valence-electron chi connectivity index (χ3n) is 6.90. The Morgan fingerprint density at radius 1 is 1.13 bits per heavy atom. The summed E-state index contributed by atoms with van der Waals surface area (Å²) in [6.45, 7) is 3.98. The van der Waals surface area contributed by atoms with Gasteiger partial charge in [-0.2, -0.15) is 0 Å². The molecule has 6 nitrogen and oxygen atoms in total. The Bertz CT molecular complexity index is 763. The number of hydrogen-bond acceptors (Lipinski definition) is 4. The van der Waals surface area contributed by atoms with Gasteiger partial charge >= 0.3 is 0 Å². The smallest absolute Gasteiger partial charge is 0.222 e. The van der Waals surface area contributed by atoms with Crippen LogP contribution in [-0.4, -0.2) is 55.7 Å². The second kappa shape index (κ2) is 9.38. The Kier molecular flexibility index (Phi) is 6.61. The SMILES string of the molecule is COc1ccccc1CCC(=O)N1C[C@H]2C[C@@H](NC(C)=O)[C@H](OCC3CC3)C[C@H]2C1. The van der Waals surface area contributed by atoms with Crippen LogP contribution in [0.2, 0.25) is 0 Å². The van der Waals surface area contributed by atoms with Crippen molar-refractivity contribution in [1.82, 2.24) is 10.2 Å². The number of fused-ring (bicyclic) bond motifs is 1. The molecular weight excluding hydrogens is 380 g/mol. The zero-order valence-electron chi connectivity index (χ0n) is 18.1. The van der Waals surface area contributed by atoms with Crippen molar-refractivity contribution in [2.24, 2.45) is 17.8 Å². The van der Waals surface area contributed by atoms with E-state index in [-0.39, 0.29) is 24.0 Å². The minimum absolute atomic E-state index is 0.00112. The van der Waals surface area contributed by atoms with Crippen molar-refractivity contribution in [2.45, 2.75) is 57.6 Å². The van der Waals surface area contributed by atoms with Crippen LogP contribution in [0.1, 0.15) is 44.6 Å². The van der Waals surface area contributed by atoms with Crippen LogP contribution in [0.3, 0.4) is 0 Å². The number of nitrogens with zero attached hydrogens (tertiary/aromatic N) is 1. The first kappa shape index (κ1) is 21.2. The van der Waals surface area contributed by atoms with Crippen molar-refractivity contribution in [3.8, 4) is 5.75 Å². The highest BCUT2D eigenvalue weighted by atomic mass is 16.5. The van der Waals surface area contributed by atoms with Crippen LogP contribution in [0.4, 0.5) is 0 Å². The van der Waals surface area contributed by atoms with Crippen molar-refractivity contribution in [1.29, 1.82) is 0 Å². The van der Waals surface area contributed by atoms with Gasteiger partial charge in [-0.3, -0.25) is 9.59 Å². The maximum Gasteiger partial charge on any atom is 0.222 e. The summed E-state index contributed by atoms with van der Waals surface area (Å²) in [6.07, 6.45) is 5.61. The lowest BCUT2D eigenvalue weighted by atomic mass is 9.77. The van der Waals surface area contributed by atoms with E-state index in [1.165, 1.54) is 12.8 Å². The molecule has 164 valence electrons. The lowest BCUT2D eigenvalue weighted by Gasteiger charge is -2.38. The first-order chi connectivity index (χ1) is 14.5. The standard InChI is InChI=1S/C24H34N2O4/c1-16(27)25-21-11-19-13-26(14-20(19)12-23(21)30-15-17-7-8-17)24(28)10-9-18-5-3-4-6-22(18)29-2/h3-6,17,19-21,23H,7-15H2,1-2H3,(H,25,27)/t19-,20+,21-,23-/m1/s1. The number of ether oxygens (including phenoxy) is 2. The Balaban J connectivity index is 1.33. The molecular formula is C24H34N2O4. The molecule has 3 aliphatic rings. The Hall–Kier alpha value is -2.08. The van der Waals surface area contributed by atoms with E-state index in [1.807, 2.05) is 29.2 Å². The second-order valence-corrected chi connectivity index (χ2v) is 9.22. The number of carbonyl (C=O) groups excluding carboxylic acids is 2. The first-order valence-corrected chi connectivity index (χ1v) is 11.3. The van der Waals surface area contributed by atoms with E-state index in [9.17, 15) is 9.59 Å². The molecule has 3 fully saturated rings. The summed E-state index contributed by atoms with van der Waals surface area (Å²) in [7, 11) is 1.67. The number of hydrogen-bond donors (Lipinski definition) is 1. The maximum atomic E-state index is 12.9. The number of rotatable bonds is 8. The maximum absolute atomic E-state index is 12.9. The van der Waals surface area contributed by atoms with Crippen LogP contribution >= 0.6 is 0 Å². The molecule has 6 heteroatoms. The molecule has 4 rings (SSSR count). The van der Waals surface area contributed by atoms with Gasteiger partial charge in [-0.05, 0) is 61.5 Å². The highest BCUT2D eigenvalue weighted by molar-refractivity contribution is 5.77. The molecule has 1 aliphatic heterocycles. The van der Waals surface area contributed by atoms with Crippen LogP contribution in [0.25, 0.3) is 0 Å². The molecule has 2 saturated carbocycles. The van der Waals surface area contributed by atoms with Crippen LogP contribution in [-0.2, 0) is 20.7 Å². The molecule has 0 radical (unpaired) electrons. The van der Waals surface area contributed by atoms with Crippen LogP contribution in [0.15, 0.2) is 24.3 Å². The van der Waals surface area contributed by atoms with E-state index in [2.05, 4.69) is 5.32 Å². The molecule has 0 aromatic heterocycles. The van der Waals surface area contributed by atoms with Gasteiger partial charge in [0.2, 0.25) is 11.8 Å². The van der Waals surface area contributed by atoms with Crippen LogP contribution in [0.5, 0.6) is 5.75 Å². The van der Waals surface area contributed by atoms with E-state index in [4.69, 9.17) is 9.47 Å². The average Bonchev–Trinajstić information content (AvgIpc) is 3.47. The third kappa shape index (κ3) is 5.15. The van der Waals surface area contributed by atoms with Gasteiger partial charge in [0.25, 0.3) is 0 Å². The zero-order chi connectivity index (χ0) is 21.1. The van der Waals surface area contributed by atoms with Crippen LogP contribution < -0.4 is 10.1 Å². The monoisotopic (exact) mass is 414 g/mol. The molecule has 2 amide bonds. The van der Waals surface area contributed by atoms with Crippen molar-refractivity contribution in [3.63, 3.8) is 0 Å². The van der Waals surface area contributed by atoms with Gasteiger partial charge in [-0.1, -0.05) is 18.2 Å². The number of para-hydroxylation sites is 1. The van der Waals surface area contributed by atoms with Gasteiger partial charge in [0.05, 0.1) is 19.3 Å². The molecule has 1 N–H and O–H groups in total. The highest BCUT2D eigenvalue weighted by Gasteiger charge is 2.44. The lowest BCUT2D eigenvalue weighted by molar-refractivity contribution is -0.130. The molecule has 1 aromatic carbocycles. The van der Waals surface area contributed by atoms with E-state index in [1.54, 1.807) is 14.0 Å². The minimum Gasteiger partial charge on any atom is -0.496 e. The van der Waals surface area contributed by atoms with Gasteiger partial charge in [0.1, 0.15) is 5.75 Å². The fourth-order valence-corrected chi connectivity index (χ4v) is 5.07. The van der Waals surface area contributed by atoms with E-state index >= 15 is 0 Å². The van der Waals surface area contributed by atoms with Gasteiger partial charge in [0.15, 0.2) is 0 Å². The molecule has 1 saturated heterocycles. The van der Waals surface area contributed by atoms with E-state index in [0.717, 1.165) is 43.9 Å². The van der Waals surface area contributed by atoms with Crippen molar-refractivity contribution in [2.75, 3.05) is 26.8 Å². The zero-order valence-corrected chi connectivity index (χ0v) is 18.1. The number of nitrogens with one attached hydrogen (secondary N) is 1. The second-order valence-electron chi connectivity index (χ2n) is 9.22. The molecule has 1 heterocycles. The topological polar surface area (TPSA) is 67.9 Å². The summed E-state index contributed by atoms with van der Waals surface area (Å²) in [5.74, 6) is 2.67. The molecule has 1 aromatic rings. The molecule has 30 heavy (non-hydrogen) atoms. The molecule has 0 bridgehead atoms. The normalized spacial score (nSPS) is 28.1. The molecule has 0 unspecified atom stereocenters.